The van der Waals surface area contributed by atoms with E-state index in [0.29, 0.717) is 32.5 Å². The van der Waals surface area contributed by atoms with Gasteiger partial charge in [0.1, 0.15) is 18.0 Å². The van der Waals surface area contributed by atoms with E-state index in [1.165, 1.54) is 18.2 Å². The first-order chi connectivity index (χ1) is 17.6. The van der Waals surface area contributed by atoms with Gasteiger partial charge >= 0.3 is 0 Å². The summed E-state index contributed by atoms with van der Waals surface area (Å²) in [6.07, 6.45) is 8.97. The molecule has 36 heavy (non-hydrogen) atoms. The number of benzene rings is 2. The summed E-state index contributed by atoms with van der Waals surface area (Å²) in [5.41, 5.74) is 2.54. The van der Waals surface area contributed by atoms with Gasteiger partial charge in [0.15, 0.2) is 10.3 Å². The summed E-state index contributed by atoms with van der Waals surface area (Å²) in [6.45, 7) is 0.457. The SMILES string of the molecule is O=C1/C(=C/c2ccc(OCc3ccc(Cl)cc3)cc2)SC(=Nc2cccnc2Cl)N1C1CCCCC1. The van der Waals surface area contributed by atoms with Crippen molar-refractivity contribution in [1.82, 2.24) is 9.88 Å². The summed E-state index contributed by atoms with van der Waals surface area (Å²) >= 11 is 13.6. The zero-order valence-electron chi connectivity index (χ0n) is 19.6. The molecule has 2 aliphatic rings. The van der Waals surface area contributed by atoms with Crippen molar-refractivity contribution in [3.63, 3.8) is 0 Å². The minimum atomic E-state index is -0.00581. The number of ether oxygens (including phenoxy) is 1. The summed E-state index contributed by atoms with van der Waals surface area (Å²) in [5.74, 6) is 0.753. The van der Waals surface area contributed by atoms with Gasteiger partial charge in [-0.2, -0.15) is 0 Å². The Morgan fingerprint density at radius 2 is 1.78 bits per heavy atom. The average molecular weight is 539 g/mol. The molecule has 1 saturated heterocycles. The number of pyridine rings is 1. The maximum absolute atomic E-state index is 13.5. The van der Waals surface area contributed by atoms with Crippen molar-refractivity contribution in [3.05, 3.63) is 93.1 Å². The number of rotatable bonds is 6. The molecule has 1 aliphatic carbocycles. The van der Waals surface area contributed by atoms with E-state index in [4.69, 9.17) is 32.9 Å². The second-order valence-electron chi connectivity index (χ2n) is 8.77. The standard InChI is InChI=1S/C28H25Cl2N3O2S/c29-21-12-8-20(9-13-21)18-35-23-14-10-19(11-15-23)17-25-27(34)33(22-5-2-1-3-6-22)28(36-25)32-24-7-4-16-31-26(24)30/h4,7-17,22H,1-3,5-6,18H2/b25-17-,32-28?. The molecule has 0 radical (unpaired) electrons. The maximum Gasteiger partial charge on any atom is 0.267 e. The molecule has 5 nitrogen and oxygen atoms in total. The van der Waals surface area contributed by atoms with E-state index >= 15 is 0 Å². The minimum Gasteiger partial charge on any atom is -0.489 e. The van der Waals surface area contributed by atoms with Crippen LogP contribution >= 0.6 is 35.0 Å². The number of aliphatic imine (C=N–C) groups is 1. The van der Waals surface area contributed by atoms with E-state index in [1.54, 1.807) is 12.3 Å². The van der Waals surface area contributed by atoms with Crippen molar-refractivity contribution in [2.45, 2.75) is 44.8 Å². The number of nitrogens with zero attached hydrogens (tertiary/aromatic N) is 3. The third kappa shape index (κ3) is 5.94. The summed E-state index contributed by atoms with van der Waals surface area (Å²) in [7, 11) is 0. The number of halogens is 2. The number of carbonyl (C=O) groups excluding carboxylic acids is 1. The fourth-order valence-corrected chi connectivity index (χ4v) is 5.69. The lowest BCUT2D eigenvalue weighted by molar-refractivity contribution is -0.124. The number of amides is 1. The molecule has 184 valence electrons. The number of thioether (sulfide) groups is 1. The summed E-state index contributed by atoms with van der Waals surface area (Å²) in [5, 5.41) is 1.69. The molecule has 0 unspecified atom stereocenters. The first kappa shape index (κ1) is 24.9. The van der Waals surface area contributed by atoms with Gasteiger partial charge < -0.3 is 4.74 Å². The van der Waals surface area contributed by atoms with Gasteiger partial charge in [0, 0.05) is 17.3 Å². The lowest BCUT2D eigenvalue weighted by Crippen LogP contribution is -2.40. The second kappa shape index (κ2) is 11.5. The van der Waals surface area contributed by atoms with Gasteiger partial charge in [-0.15, -0.1) is 0 Å². The third-order valence-electron chi connectivity index (χ3n) is 6.23. The molecule has 1 amide bonds. The monoisotopic (exact) mass is 537 g/mol. The third-order valence-corrected chi connectivity index (χ3v) is 7.76. The Hall–Kier alpha value is -2.80. The van der Waals surface area contributed by atoms with Gasteiger partial charge in [0.05, 0.1) is 4.91 Å². The van der Waals surface area contributed by atoms with E-state index in [1.807, 2.05) is 65.6 Å². The van der Waals surface area contributed by atoms with Crippen LogP contribution in [0.5, 0.6) is 5.75 Å². The predicted molar refractivity (Wildman–Crippen MR) is 148 cm³/mol. The van der Waals surface area contributed by atoms with Crippen LogP contribution in [-0.4, -0.2) is 27.0 Å². The molecule has 1 aromatic heterocycles. The molecule has 0 N–H and O–H groups in total. The number of hydrogen-bond donors (Lipinski definition) is 0. The minimum absolute atomic E-state index is 0.00581. The van der Waals surface area contributed by atoms with Crippen LogP contribution in [0.2, 0.25) is 10.2 Å². The summed E-state index contributed by atoms with van der Waals surface area (Å²) in [4.78, 5) is 24.9. The van der Waals surface area contributed by atoms with Crippen LogP contribution in [-0.2, 0) is 11.4 Å². The van der Waals surface area contributed by atoms with E-state index in [0.717, 1.165) is 42.6 Å². The fourth-order valence-electron chi connectivity index (χ4n) is 4.35. The molecular formula is C28H25Cl2N3O2S. The number of amidine groups is 1. The van der Waals surface area contributed by atoms with Crippen molar-refractivity contribution in [2.24, 2.45) is 4.99 Å². The van der Waals surface area contributed by atoms with Crippen LogP contribution in [0.25, 0.3) is 6.08 Å². The molecule has 8 heteroatoms. The Morgan fingerprint density at radius 3 is 2.50 bits per heavy atom. The maximum atomic E-state index is 13.5. The van der Waals surface area contributed by atoms with Crippen LogP contribution in [0, 0.1) is 0 Å². The molecule has 1 aliphatic heterocycles. The number of hydrogen-bond acceptors (Lipinski definition) is 5. The lowest BCUT2D eigenvalue weighted by atomic mass is 9.94. The number of carbonyl (C=O) groups is 1. The topological polar surface area (TPSA) is 54.8 Å². The average Bonchev–Trinajstić information content (AvgIpc) is 3.20. The van der Waals surface area contributed by atoms with Crippen LogP contribution < -0.4 is 4.74 Å². The quantitative estimate of drug-likeness (QED) is 0.237. The highest BCUT2D eigenvalue weighted by atomic mass is 35.5. The zero-order chi connectivity index (χ0) is 24.9. The van der Waals surface area contributed by atoms with E-state index < -0.39 is 0 Å². The van der Waals surface area contributed by atoms with Crippen molar-refractivity contribution < 1.29 is 9.53 Å². The van der Waals surface area contributed by atoms with Gasteiger partial charge in [-0.3, -0.25) is 9.69 Å². The van der Waals surface area contributed by atoms with Crippen molar-refractivity contribution in [3.8, 4) is 5.75 Å². The van der Waals surface area contributed by atoms with E-state index in [9.17, 15) is 4.79 Å². The molecule has 2 heterocycles. The zero-order valence-corrected chi connectivity index (χ0v) is 21.9. The Bertz CT molecular complexity index is 1290. The largest absolute Gasteiger partial charge is 0.489 e. The highest BCUT2D eigenvalue weighted by Crippen LogP contribution is 2.39. The normalized spacial score (nSPS) is 18.8. The van der Waals surface area contributed by atoms with Crippen LogP contribution in [0.3, 0.4) is 0 Å². The Morgan fingerprint density at radius 1 is 1.03 bits per heavy atom. The molecule has 2 fully saturated rings. The summed E-state index contributed by atoms with van der Waals surface area (Å²) in [6, 6.07) is 19.1. The second-order valence-corrected chi connectivity index (χ2v) is 10.6. The summed E-state index contributed by atoms with van der Waals surface area (Å²) < 4.78 is 5.89. The first-order valence-electron chi connectivity index (χ1n) is 12.0. The van der Waals surface area contributed by atoms with Crippen molar-refractivity contribution in [2.75, 3.05) is 0 Å². The lowest BCUT2D eigenvalue weighted by Gasteiger charge is -2.30. The van der Waals surface area contributed by atoms with Gasteiger partial charge in [0.2, 0.25) is 0 Å². The van der Waals surface area contributed by atoms with E-state index in [-0.39, 0.29) is 11.9 Å². The Labute approximate surface area is 225 Å². The van der Waals surface area contributed by atoms with Crippen LogP contribution in [0.1, 0.15) is 43.2 Å². The number of aromatic nitrogens is 1. The van der Waals surface area contributed by atoms with Crippen molar-refractivity contribution >= 4 is 57.8 Å². The molecule has 1 saturated carbocycles. The molecular weight excluding hydrogens is 513 g/mol. The molecule has 5 rings (SSSR count). The van der Waals surface area contributed by atoms with Gasteiger partial charge in [-0.25, -0.2) is 9.98 Å². The van der Waals surface area contributed by atoms with Gasteiger partial charge in [-0.1, -0.05) is 66.7 Å². The Balaban J connectivity index is 1.35. The van der Waals surface area contributed by atoms with E-state index in [2.05, 4.69) is 4.98 Å². The fraction of sp³-hybridized carbons (Fsp3) is 0.250. The molecule has 0 spiro atoms. The molecule has 2 aromatic carbocycles. The van der Waals surface area contributed by atoms with Crippen LogP contribution in [0.15, 0.2) is 76.8 Å². The molecule has 0 atom stereocenters. The molecule has 0 bridgehead atoms. The van der Waals surface area contributed by atoms with Gasteiger partial charge in [-0.05, 0) is 78.2 Å². The highest BCUT2D eigenvalue weighted by molar-refractivity contribution is 8.18. The molecule has 3 aromatic rings. The van der Waals surface area contributed by atoms with Crippen molar-refractivity contribution in [1.29, 1.82) is 0 Å². The van der Waals surface area contributed by atoms with Crippen LogP contribution in [0.4, 0.5) is 5.69 Å². The highest BCUT2D eigenvalue weighted by Gasteiger charge is 2.38. The first-order valence-corrected chi connectivity index (χ1v) is 13.5. The Kier molecular flexibility index (Phi) is 7.95. The smallest absolute Gasteiger partial charge is 0.267 e. The predicted octanol–water partition coefficient (Wildman–Crippen LogP) is 7.90. The van der Waals surface area contributed by atoms with Gasteiger partial charge in [0.25, 0.3) is 5.91 Å².